The van der Waals surface area contributed by atoms with E-state index in [4.69, 9.17) is 4.74 Å². The molecule has 0 radical (unpaired) electrons. The molecular weight excluding hydrogens is 322 g/mol. The minimum atomic E-state index is -0.576. The SMILES string of the molecule is Cc1ccc(C)c([C@@H](C)NC(=O)[C@H](C)Oc2cccc3ccccc23)c1. The monoisotopic (exact) mass is 347 g/mol. The molecule has 0 aromatic heterocycles. The van der Waals surface area contributed by atoms with Crippen LogP contribution in [0.3, 0.4) is 0 Å². The fraction of sp³-hybridized carbons (Fsp3) is 0.261. The highest BCUT2D eigenvalue weighted by Crippen LogP contribution is 2.26. The van der Waals surface area contributed by atoms with Crippen LogP contribution in [0.15, 0.2) is 60.7 Å². The fourth-order valence-electron chi connectivity index (χ4n) is 3.18. The first-order valence-electron chi connectivity index (χ1n) is 8.97. The van der Waals surface area contributed by atoms with Crippen molar-refractivity contribution in [3.8, 4) is 5.75 Å². The molecule has 3 nitrogen and oxygen atoms in total. The molecule has 0 heterocycles. The Balaban J connectivity index is 1.72. The second-order valence-corrected chi connectivity index (χ2v) is 6.83. The van der Waals surface area contributed by atoms with Gasteiger partial charge in [-0.1, -0.05) is 60.2 Å². The molecule has 1 N–H and O–H groups in total. The average molecular weight is 347 g/mol. The normalized spacial score (nSPS) is 13.2. The highest BCUT2D eigenvalue weighted by atomic mass is 16.5. The summed E-state index contributed by atoms with van der Waals surface area (Å²) in [7, 11) is 0. The van der Waals surface area contributed by atoms with Crippen LogP contribution in [-0.2, 0) is 4.79 Å². The smallest absolute Gasteiger partial charge is 0.261 e. The molecule has 0 spiro atoms. The summed E-state index contributed by atoms with van der Waals surface area (Å²) in [5, 5.41) is 5.18. The first-order chi connectivity index (χ1) is 12.5. The van der Waals surface area contributed by atoms with Crippen molar-refractivity contribution < 1.29 is 9.53 Å². The minimum absolute atomic E-state index is 0.0685. The molecule has 0 aliphatic rings. The number of fused-ring (bicyclic) bond motifs is 1. The zero-order valence-corrected chi connectivity index (χ0v) is 15.7. The van der Waals surface area contributed by atoms with Gasteiger partial charge in [0, 0.05) is 5.39 Å². The van der Waals surface area contributed by atoms with E-state index >= 15 is 0 Å². The highest BCUT2D eigenvalue weighted by molar-refractivity contribution is 5.89. The molecule has 3 rings (SSSR count). The molecule has 2 atom stereocenters. The lowest BCUT2D eigenvalue weighted by atomic mass is 10.00. The maximum absolute atomic E-state index is 12.6. The predicted molar refractivity (Wildman–Crippen MR) is 107 cm³/mol. The lowest BCUT2D eigenvalue weighted by molar-refractivity contribution is -0.127. The summed E-state index contributed by atoms with van der Waals surface area (Å²) in [5.74, 6) is 0.608. The van der Waals surface area contributed by atoms with Gasteiger partial charge in [0.1, 0.15) is 5.75 Å². The zero-order valence-electron chi connectivity index (χ0n) is 15.7. The van der Waals surface area contributed by atoms with Gasteiger partial charge in [-0.05, 0) is 50.3 Å². The molecule has 3 aromatic rings. The van der Waals surface area contributed by atoms with Crippen molar-refractivity contribution in [2.75, 3.05) is 0 Å². The van der Waals surface area contributed by atoms with E-state index in [2.05, 4.69) is 37.4 Å². The van der Waals surface area contributed by atoms with Gasteiger partial charge in [-0.2, -0.15) is 0 Å². The van der Waals surface area contributed by atoms with E-state index < -0.39 is 6.10 Å². The van der Waals surface area contributed by atoms with Gasteiger partial charge in [0.2, 0.25) is 0 Å². The standard InChI is InChI=1S/C23H25NO2/c1-15-12-13-16(2)21(14-15)17(3)24-23(25)18(4)26-22-11-7-9-19-8-5-6-10-20(19)22/h5-14,17-18H,1-4H3,(H,24,25)/t17-,18+/m1/s1. The molecule has 3 heteroatoms. The molecule has 0 saturated carbocycles. The van der Waals surface area contributed by atoms with E-state index in [1.54, 1.807) is 6.92 Å². The molecule has 0 fully saturated rings. The lowest BCUT2D eigenvalue weighted by Crippen LogP contribution is -2.38. The highest BCUT2D eigenvalue weighted by Gasteiger charge is 2.19. The van der Waals surface area contributed by atoms with Crippen molar-refractivity contribution in [3.63, 3.8) is 0 Å². The number of amides is 1. The Labute approximate surface area is 155 Å². The summed E-state index contributed by atoms with van der Waals surface area (Å²) in [6, 6.07) is 20.1. The van der Waals surface area contributed by atoms with Crippen molar-refractivity contribution in [1.29, 1.82) is 0 Å². The summed E-state index contributed by atoms with van der Waals surface area (Å²) >= 11 is 0. The van der Waals surface area contributed by atoms with E-state index in [1.165, 1.54) is 11.1 Å². The predicted octanol–water partition coefficient (Wildman–Crippen LogP) is 5.10. The number of hydrogen-bond donors (Lipinski definition) is 1. The Morgan fingerprint density at radius 2 is 1.69 bits per heavy atom. The van der Waals surface area contributed by atoms with Gasteiger partial charge in [-0.3, -0.25) is 4.79 Å². The fourth-order valence-corrected chi connectivity index (χ4v) is 3.18. The molecule has 0 bridgehead atoms. The number of carbonyl (C=O) groups excluding carboxylic acids is 1. The van der Waals surface area contributed by atoms with Crippen LogP contribution in [0.5, 0.6) is 5.75 Å². The van der Waals surface area contributed by atoms with E-state index in [0.717, 1.165) is 22.1 Å². The minimum Gasteiger partial charge on any atom is -0.480 e. The van der Waals surface area contributed by atoms with Gasteiger partial charge in [0.05, 0.1) is 6.04 Å². The number of aryl methyl sites for hydroxylation is 2. The quantitative estimate of drug-likeness (QED) is 0.697. The van der Waals surface area contributed by atoms with Crippen molar-refractivity contribution >= 4 is 16.7 Å². The maximum atomic E-state index is 12.6. The Bertz CT molecular complexity index is 927. The van der Waals surface area contributed by atoms with Crippen LogP contribution in [0.1, 0.15) is 36.6 Å². The maximum Gasteiger partial charge on any atom is 0.261 e. The first-order valence-corrected chi connectivity index (χ1v) is 8.97. The lowest BCUT2D eigenvalue weighted by Gasteiger charge is -2.21. The summed E-state index contributed by atoms with van der Waals surface area (Å²) < 4.78 is 5.97. The van der Waals surface area contributed by atoms with Gasteiger partial charge >= 0.3 is 0 Å². The Hall–Kier alpha value is -2.81. The average Bonchev–Trinajstić information content (AvgIpc) is 2.63. The molecular formula is C23H25NO2. The summed E-state index contributed by atoms with van der Waals surface area (Å²) in [6.07, 6.45) is -0.576. The molecule has 0 aliphatic heterocycles. The largest absolute Gasteiger partial charge is 0.480 e. The van der Waals surface area contributed by atoms with Crippen LogP contribution >= 0.6 is 0 Å². The topological polar surface area (TPSA) is 38.3 Å². The summed E-state index contributed by atoms with van der Waals surface area (Å²) in [4.78, 5) is 12.6. The van der Waals surface area contributed by atoms with E-state index in [1.807, 2.05) is 49.4 Å². The van der Waals surface area contributed by atoms with E-state index in [-0.39, 0.29) is 11.9 Å². The van der Waals surface area contributed by atoms with Crippen LogP contribution in [0.2, 0.25) is 0 Å². The molecule has 134 valence electrons. The number of ether oxygens (including phenoxy) is 1. The van der Waals surface area contributed by atoms with Crippen LogP contribution in [0.25, 0.3) is 10.8 Å². The van der Waals surface area contributed by atoms with Crippen molar-refractivity contribution in [2.24, 2.45) is 0 Å². The molecule has 0 aliphatic carbocycles. The molecule has 3 aromatic carbocycles. The number of hydrogen-bond acceptors (Lipinski definition) is 2. The second-order valence-electron chi connectivity index (χ2n) is 6.83. The van der Waals surface area contributed by atoms with E-state index in [0.29, 0.717) is 0 Å². The van der Waals surface area contributed by atoms with Gasteiger partial charge in [0.25, 0.3) is 5.91 Å². The zero-order chi connectivity index (χ0) is 18.7. The first kappa shape index (κ1) is 18.0. The van der Waals surface area contributed by atoms with Gasteiger partial charge in [0.15, 0.2) is 6.10 Å². The van der Waals surface area contributed by atoms with Crippen LogP contribution in [-0.4, -0.2) is 12.0 Å². The third-order valence-corrected chi connectivity index (χ3v) is 4.68. The summed E-state index contributed by atoms with van der Waals surface area (Å²) in [6.45, 7) is 7.91. The van der Waals surface area contributed by atoms with Gasteiger partial charge < -0.3 is 10.1 Å². The van der Waals surface area contributed by atoms with Crippen molar-refractivity contribution in [1.82, 2.24) is 5.32 Å². The Morgan fingerprint density at radius 3 is 2.50 bits per heavy atom. The number of carbonyl (C=O) groups is 1. The van der Waals surface area contributed by atoms with Gasteiger partial charge in [-0.25, -0.2) is 0 Å². The van der Waals surface area contributed by atoms with Crippen molar-refractivity contribution in [3.05, 3.63) is 77.4 Å². The third-order valence-electron chi connectivity index (χ3n) is 4.68. The molecule has 26 heavy (non-hydrogen) atoms. The molecule has 0 saturated heterocycles. The van der Waals surface area contributed by atoms with Crippen LogP contribution < -0.4 is 10.1 Å². The number of nitrogens with one attached hydrogen (secondary N) is 1. The molecule has 0 unspecified atom stereocenters. The Morgan fingerprint density at radius 1 is 0.962 bits per heavy atom. The second kappa shape index (κ2) is 7.61. The van der Waals surface area contributed by atoms with Gasteiger partial charge in [-0.15, -0.1) is 0 Å². The number of rotatable bonds is 5. The Kier molecular flexibility index (Phi) is 5.27. The van der Waals surface area contributed by atoms with Crippen LogP contribution in [0, 0.1) is 13.8 Å². The third kappa shape index (κ3) is 3.88. The van der Waals surface area contributed by atoms with Crippen LogP contribution in [0.4, 0.5) is 0 Å². The molecule has 1 amide bonds. The van der Waals surface area contributed by atoms with Crippen molar-refractivity contribution in [2.45, 2.75) is 39.8 Å². The number of benzene rings is 3. The van der Waals surface area contributed by atoms with E-state index in [9.17, 15) is 4.79 Å². The summed E-state index contributed by atoms with van der Waals surface area (Å²) in [5.41, 5.74) is 3.49.